The molecule has 7 atom stereocenters. The second kappa shape index (κ2) is 41.0. The number of hydrogen-bond donors (Lipinski definition) is 6. The summed E-state index contributed by atoms with van der Waals surface area (Å²) in [4.78, 5) is 13.0. The van der Waals surface area contributed by atoms with Crippen LogP contribution < -0.4 is 5.32 Å². The smallest absolute Gasteiger partial charge is 0.220 e. The first-order valence-electron chi connectivity index (χ1n) is 25.4. The predicted octanol–water partition coefficient (Wildman–Crippen LogP) is 11.3. The highest BCUT2D eigenvalue weighted by molar-refractivity contribution is 5.76. The zero-order chi connectivity index (χ0) is 43.0. The molecule has 1 aliphatic heterocycles. The van der Waals surface area contributed by atoms with E-state index < -0.39 is 49.5 Å². The van der Waals surface area contributed by atoms with E-state index >= 15 is 0 Å². The maximum atomic E-state index is 13.0. The first-order valence-corrected chi connectivity index (χ1v) is 25.4. The number of amides is 1. The van der Waals surface area contributed by atoms with E-state index in [1.165, 1.54) is 186 Å². The van der Waals surface area contributed by atoms with Gasteiger partial charge >= 0.3 is 0 Å². The summed E-state index contributed by atoms with van der Waals surface area (Å²) in [6, 6.07) is -0.798. The standard InChI is InChI=1S/C50H97NO8/c1-3-5-7-9-11-13-15-17-19-20-21-22-23-24-26-28-30-32-34-36-38-40-46(54)51-43(42-58-50-49(57)48(56)47(55)45(41-52)59-50)44(53)39-37-35-33-31-29-27-25-18-16-14-12-10-8-6-4-2/h37,39,43-45,47-50,52-53,55-57H,3-36,38,40-42H2,1-2H3,(H,51,54)/b39-37+/t43-,44+,45-,47-,48?,49?,50-/m0/s1. The molecule has 59 heavy (non-hydrogen) atoms. The van der Waals surface area contributed by atoms with E-state index in [9.17, 15) is 30.3 Å². The van der Waals surface area contributed by atoms with E-state index in [0.29, 0.717) is 6.42 Å². The number of unbranched alkanes of at least 4 members (excludes halogenated alkanes) is 33. The van der Waals surface area contributed by atoms with Gasteiger partial charge in [-0.05, 0) is 19.3 Å². The van der Waals surface area contributed by atoms with Crippen LogP contribution in [0.5, 0.6) is 0 Å². The second-order valence-electron chi connectivity index (χ2n) is 18.0. The van der Waals surface area contributed by atoms with Crippen LogP contribution in [0.15, 0.2) is 12.2 Å². The molecule has 1 saturated heterocycles. The summed E-state index contributed by atoms with van der Waals surface area (Å²) >= 11 is 0. The third kappa shape index (κ3) is 31.4. The van der Waals surface area contributed by atoms with E-state index in [2.05, 4.69) is 19.2 Å². The van der Waals surface area contributed by atoms with Gasteiger partial charge in [0.2, 0.25) is 5.91 Å². The van der Waals surface area contributed by atoms with Crippen molar-refractivity contribution in [3.05, 3.63) is 12.2 Å². The van der Waals surface area contributed by atoms with Gasteiger partial charge in [-0.3, -0.25) is 4.79 Å². The summed E-state index contributed by atoms with van der Waals surface area (Å²) in [5.41, 5.74) is 0. The quantitative estimate of drug-likeness (QED) is 0.0263. The molecule has 1 heterocycles. The van der Waals surface area contributed by atoms with Crippen molar-refractivity contribution in [1.29, 1.82) is 0 Å². The van der Waals surface area contributed by atoms with Crippen molar-refractivity contribution in [1.82, 2.24) is 5.32 Å². The van der Waals surface area contributed by atoms with Gasteiger partial charge in [-0.25, -0.2) is 0 Å². The van der Waals surface area contributed by atoms with Gasteiger partial charge in [-0.1, -0.05) is 231 Å². The van der Waals surface area contributed by atoms with Crippen LogP contribution >= 0.6 is 0 Å². The molecular weight excluding hydrogens is 743 g/mol. The zero-order valence-corrected chi connectivity index (χ0v) is 38.5. The van der Waals surface area contributed by atoms with Crippen molar-refractivity contribution in [2.45, 2.75) is 288 Å². The molecule has 6 N–H and O–H groups in total. The minimum absolute atomic E-state index is 0.172. The monoisotopic (exact) mass is 840 g/mol. The van der Waals surface area contributed by atoms with Crippen LogP contribution in [0.1, 0.15) is 245 Å². The number of carbonyl (C=O) groups is 1. The van der Waals surface area contributed by atoms with Gasteiger partial charge in [0.25, 0.3) is 0 Å². The van der Waals surface area contributed by atoms with Crippen molar-refractivity contribution < 1.29 is 39.8 Å². The number of allylic oxidation sites excluding steroid dienone is 1. The summed E-state index contributed by atoms with van der Waals surface area (Å²) < 4.78 is 11.2. The molecule has 9 nitrogen and oxygen atoms in total. The molecule has 9 heteroatoms. The molecule has 1 fully saturated rings. The summed E-state index contributed by atoms with van der Waals surface area (Å²) in [6.45, 7) is 3.80. The highest BCUT2D eigenvalue weighted by atomic mass is 16.7. The van der Waals surface area contributed by atoms with Crippen LogP contribution in [0.3, 0.4) is 0 Å². The third-order valence-electron chi connectivity index (χ3n) is 12.4. The molecule has 0 aromatic rings. The molecule has 0 bridgehead atoms. The minimum Gasteiger partial charge on any atom is -0.394 e. The van der Waals surface area contributed by atoms with Gasteiger partial charge in [0.15, 0.2) is 6.29 Å². The van der Waals surface area contributed by atoms with E-state index in [0.717, 1.165) is 38.5 Å². The molecule has 1 amide bonds. The van der Waals surface area contributed by atoms with E-state index in [1.54, 1.807) is 6.08 Å². The van der Waals surface area contributed by atoms with Crippen molar-refractivity contribution in [3.8, 4) is 0 Å². The van der Waals surface area contributed by atoms with Gasteiger partial charge in [-0.2, -0.15) is 0 Å². The molecule has 0 aromatic heterocycles. The SMILES string of the molecule is CCCCCCCCCCCCCCC/C=C/[C@@H](O)[C@H](CO[C@H]1O[C@@H](CO)[C@H](O)C(O)C1O)NC(=O)CCCCCCCCCCCCCCCCCCCCCCC. The van der Waals surface area contributed by atoms with Crippen molar-refractivity contribution >= 4 is 5.91 Å². The number of ether oxygens (including phenoxy) is 2. The van der Waals surface area contributed by atoms with E-state index in [-0.39, 0.29) is 12.5 Å². The first kappa shape index (κ1) is 55.9. The van der Waals surface area contributed by atoms with Gasteiger partial charge < -0.3 is 40.3 Å². The Balaban J connectivity index is 2.27. The fraction of sp³-hybridized carbons (Fsp3) is 0.940. The molecular formula is C50H97NO8. The van der Waals surface area contributed by atoms with Gasteiger partial charge in [0.1, 0.15) is 24.4 Å². The predicted molar refractivity (Wildman–Crippen MR) is 244 cm³/mol. The number of aliphatic hydroxyl groups is 5. The maximum absolute atomic E-state index is 13.0. The van der Waals surface area contributed by atoms with Crippen LogP contribution in [-0.2, 0) is 14.3 Å². The summed E-state index contributed by atoms with van der Waals surface area (Å²) in [5, 5.41) is 54.3. The molecule has 0 saturated carbocycles. The lowest BCUT2D eigenvalue weighted by molar-refractivity contribution is -0.302. The third-order valence-corrected chi connectivity index (χ3v) is 12.4. The lowest BCUT2D eigenvalue weighted by atomic mass is 9.99. The highest BCUT2D eigenvalue weighted by Gasteiger charge is 2.44. The summed E-state index contributed by atoms with van der Waals surface area (Å²) in [7, 11) is 0. The molecule has 0 aromatic carbocycles. The van der Waals surface area contributed by atoms with E-state index in [4.69, 9.17) is 9.47 Å². The Morgan fingerprint density at radius 2 is 0.932 bits per heavy atom. The topological polar surface area (TPSA) is 149 Å². The molecule has 350 valence electrons. The van der Waals surface area contributed by atoms with Crippen molar-refractivity contribution in [2.75, 3.05) is 13.2 Å². The lowest BCUT2D eigenvalue weighted by Crippen LogP contribution is -2.60. The zero-order valence-electron chi connectivity index (χ0n) is 38.5. The molecule has 0 spiro atoms. The van der Waals surface area contributed by atoms with Crippen molar-refractivity contribution in [2.24, 2.45) is 0 Å². The summed E-state index contributed by atoms with van der Waals surface area (Å²) in [5.74, 6) is -0.172. The maximum Gasteiger partial charge on any atom is 0.220 e. The molecule has 1 rings (SSSR count). The lowest BCUT2D eigenvalue weighted by Gasteiger charge is -2.40. The Labute approximate surface area is 363 Å². The van der Waals surface area contributed by atoms with Crippen LogP contribution in [0.2, 0.25) is 0 Å². The summed E-state index contributed by atoms with van der Waals surface area (Å²) in [6.07, 6.45) is 41.1. The average Bonchev–Trinajstić information content (AvgIpc) is 3.23. The number of rotatable bonds is 43. The molecule has 0 aliphatic carbocycles. The van der Waals surface area contributed by atoms with Crippen molar-refractivity contribution in [3.63, 3.8) is 0 Å². The second-order valence-corrected chi connectivity index (χ2v) is 18.0. The van der Waals surface area contributed by atoms with Crippen LogP contribution in [-0.4, -0.2) is 87.5 Å². The Kier molecular flexibility index (Phi) is 38.9. The average molecular weight is 840 g/mol. The number of carbonyl (C=O) groups excluding carboxylic acids is 1. The van der Waals surface area contributed by atoms with Gasteiger partial charge in [0.05, 0.1) is 25.4 Å². The number of nitrogens with one attached hydrogen (secondary N) is 1. The highest BCUT2D eigenvalue weighted by Crippen LogP contribution is 2.23. The number of hydrogen-bond acceptors (Lipinski definition) is 8. The normalized spacial score (nSPS) is 20.7. The number of aliphatic hydroxyl groups excluding tert-OH is 5. The molecule has 1 aliphatic rings. The van der Waals surface area contributed by atoms with Crippen LogP contribution in [0, 0.1) is 0 Å². The Hall–Kier alpha value is -1.07. The largest absolute Gasteiger partial charge is 0.394 e. The van der Waals surface area contributed by atoms with Gasteiger partial charge in [-0.15, -0.1) is 0 Å². The first-order chi connectivity index (χ1) is 28.8. The fourth-order valence-corrected chi connectivity index (χ4v) is 8.28. The molecule has 0 radical (unpaired) electrons. The molecule has 2 unspecified atom stereocenters. The van der Waals surface area contributed by atoms with Crippen LogP contribution in [0.4, 0.5) is 0 Å². The van der Waals surface area contributed by atoms with Gasteiger partial charge in [0, 0.05) is 6.42 Å². The minimum atomic E-state index is -1.56. The van der Waals surface area contributed by atoms with Crippen LogP contribution in [0.25, 0.3) is 0 Å². The Bertz CT molecular complexity index is 935. The van der Waals surface area contributed by atoms with E-state index in [1.807, 2.05) is 6.08 Å². The Morgan fingerprint density at radius 1 is 0.559 bits per heavy atom. The fourth-order valence-electron chi connectivity index (χ4n) is 8.28. The Morgan fingerprint density at radius 3 is 1.32 bits per heavy atom.